The van der Waals surface area contributed by atoms with Crippen LogP contribution in [0.2, 0.25) is 0 Å². The first-order valence-corrected chi connectivity index (χ1v) is 7.94. The molecule has 0 amide bonds. The first-order chi connectivity index (χ1) is 10.2. The monoisotopic (exact) mass is 364 g/mol. The Bertz CT molecular complexity index is 389. The van der Waals surface area contributed by atoms with Crippen molar-refractivity contribution in [2.45, 2.75) is 32.6 Å². The number of halogens is 2. The van der Waals surface area contributed by atoms with Gasteiger partial charge >= 0.3 is 0 Å². The molecule has 0 spiro atoms. The van der Waals surface area contributed by atoms with E-state index < -0.39 is 0 Å². The first kappa shape index (κ1) is 22.6. The molecule has 0 aromatic heterocycles. The molecule has 2 atom stereocenters. The van der Waals surface area contributed by atoms with Crippen LogP contribution in [-0.2, 0) is 16.0 Å². The largest absolute Gasteiger partial charge is 0.376 e. The summed E-state index contributed by atoms with van der Waals surface area (Å²) >= 11 is 0. The molecule has 2 heterocycles. The van der Waals surface area contributed by atoms with Crippen molar-refractivity contribution in [3.63, 3.8) is 0 Å². The molecule has 0 aliphatic carbocycles. The third-order valence-corrected chi connectivity index (χ3v) is 3.69. The van der Waals surface area contributed by atoms with Crippen molar-refractivity contribution in [1.29, 1.82) is 0 Å². The van der Waals surface area contributed by atoms with Gasteiger partial charge in [-0.15, -0.1) is 24.8 Å². The number of benzene rings is 1. The van der Waals surface area contributed by atoms with E-state index in [0.29, 0.717) is 12.2 Å². The van der Waals surface area contributed by atoms with Gasteiger partial charge in [-0.3, -0.25) is 4.90 Å². The van der Waals surface area contributed by atoms with E-state index >= 15 is 0 Å². The highest BCUT2D eigenvalue weighted by molar-refractivity contribution is 5.85. The topological polar surface area (TPSA) is 33.7 Å². The molecule has 6 heteroatoms. The van der Waals surface area contributed by atoms with Crippen molar-refractivity contribution in [2.24, 2.45) is 0 Å². The molecule has 2 fully saturated rings. The Kier molecular flexibility index (Phi) is 12.8. The van der Waals surface area contributed by atoms with Crippen LogP contribution >= 0.6 is 24.8 Å². The minimum absolute atomic E-state index is 0. The highest BCUT2D eigenvalue weighted by Gasteiger charge is 2.16. The number of rotatable bonds is 2. The summed E-state index contributed by atoms with van der Waals surface area (Å²) in [7, 11) is 0. The zero-order valence-corrected chi connectivity index (χ0v) is 15.7. The van der Waals surface area contributed by atoms with Crippen LogP contribution in [0.25, 0.3) is 0 Å². The smallest absolute Gasteiger partial charge is 0.0674 e. The Balaban J connectivity index is 0.000000463. The molecular weight excluding hydrogens is 335 g/mol. The maximum Gasteiger partial charge on any atom is 0.0674 e. The van der Waals surface area contributed by atoms with Crippen LogP contribution in [0.1, 0.15) is 19.4 Å². The quantitative estimate of drug-likeness (QED) is 0.874. The lowest BCUT2D eigenvalue weighted by atomic mass is 10.2. The van der Waals surface area contributed by atoms with E-state index in [2.05, 4.69) is 54.4 Å². The normalized spacial score (nSPS) is 24.4. The Morgan fingerprint density at radius 1 is 1.04 bits per heavy atom. The van der Waals surface area contributed by atoms with Gasteiger partial charge in [0.05, 0.1) is 25.4 Å². The highest BCUT2D eigenvalue weighted by atomic mass is 35.5. The molecule has 2 saturated heterocycles. The van der Waals surface area contributed by atoms with Gasteiger partial charge in [-0.2, -0.15) is 0 Å². The predicted molar refractivity (Wildman–Crippen MR) is 99.9 cm³/mol. The maximum absolute atomic E-state index is 5.50. The fraction of sp³-hybridized carbons (Fsp3) is 0.647. The van der Waals surface area contributed by atoms with Gasteiger partial charge in [-0.05, 0) is 19.4 Å². The second-order valence-corrected chi connectivity index (χ2v) is 5.79. The van der Waals surface area contributed by atoms with Gasteiger partial charge in [0, 0.05) is 32.7 Å². The van der Waals surface area contributed by atoms with Gasteiger partial charge < -0.3 is 14.8 Å². The second kappa shape index (κ2) is 13.0. The number of nitrogens with zero attached hydrogens (tertiary/aromatic N) is 1. The Morgan fingerprint density at radius 2 is 1.74 bits per heavy atom. The van der Waals surface area contributed by atoms with Crippen molar-refractivity contribution in [1.82, 2.24) is 10.2 Å². The lowest BCUT2D eigenvalue weighted by molar-refractivity contribution is -0.0212. The van der Waals surface area contributed by atoms with E-state index in [9.17, 15) is 0 Å². The van der Waals surface area contributed by atoms with Gasteiger partial charge in [-0.25, -0.2) is 0 Å². The molecule has 1 N–H and O–H groups in total. The zero-order chi connectivity index (χ0) is 14.9. The van der Waals surface area contributed by atoms with E-state index in [4.69, 9.17) is 9.47 Å². The third-order valence-electron chi connectivity index (χ3n) is 3.69. The molecule has 0 saturated carbocycles. The van der Waals surface area contributed by atoms with Crippen LogP contribution in [0.15, 0.2) is 30.3 Å². The summed E-state index contributed by atoms with van der Waals surface area (Å²) in [4.78, 5) is 2.45. The van der Waals surface area contributed by atoms with Gasteiger partial charge in [0.25, 0.3) is 0 Å². The fourth-order valence-corrected chi connectivity index (χ4v) is 2.57. The standard InChI is InChI=1S/C12H17NO.C5H11NO.2ClH/c1-11-9-13(7-8-14-11)10-12-5-3-2-4-6-12;1-5-4-6-2-3-7-5;;/h2-6,11H,7-10H2,1H3;5-6H,2-4H2,1H3;2*1H/t11-;5-;;/m11../s1. The lowest BCUT2D eigenvalue weighted by Crippen LogP contribution is -2.40. The van der Waals surface area contributed by atoms with Gasteiger partial charge in [0.1, 0.15) is 0 Å². The van der Waals surface area contributed by atoms with Crippen LogP contribution in [-0.4, -0.2) is 56.5 Å². The summed E-state index contributed by atoms with van der Waals surface area (Å²) in [6.07, 6.45) is 0.807. The molecule has 4 nitrogen and oxygen atoms in total. The summed E-state index contributed by atoms with van der Waals surface area (Å²) in [6, 6.07) is 10.6. The molecule has 0 unspecified atom stereocenters. The number of ether oxygens (including phenoxy) is 2. The van der Waals surface area contributed by atoms with Crippen molar-refractivity contribution < 1.29 is 9.47 Å². The van der Waals surface area contributed by atoms with Crippen molar-refractivity contribution >= 4 is 24.8 Å². The number of hydrogen-bond acceptors (Lipinski definition) is 4. The second-order valence-electron chi connectivity index (χ2n) is 5.79. The molecule has 0 radical (unpaired) electrons. The first-order valence-electron chi connectivity index (χ1n) is 7.94. The van der Waals surface area contributed by atoms with Crippen LogP contribution in [0.4, 0.5) is 0 Å². The minimum atomic E-state index is 0. The fourth-order valence-electron chi connectivity index (χ4n) is 2.57. The Morgan fingerprint density at radius 3 is 2.26 bits per heavy atom. The molecule has 134 valence electrons. The number of morpholine rings is 2. The molecule has 1 aromatic carbocycles. The molecular formula is C17H30Cl2N2O2. The Labute approximate surface area is 152 Å². The summed E-state index contributed by atoms with van der Waals surface area (Å²) in [5, 5.41) is 3.21. The van der Waals surface area contributed by atoms with Gasteiger partial charge in [-0.1, -0.05) is 30.3 Å². The van der Waals surface area contributed by atoms with E-state index in [1.165, 1.54) is 5.56 Å². The summed E-state index contributed by atoms with van der Waals surface area (Å²) in [5.74, 6) is 0. The SMILES string of the molecule is C[C@@H]1CN(Cc2ccccc2)CCO1.C[C@@H]1CNCCO1.Cl.Cl. The van der Waals surface area contributed by atoms with Gasteiger partial charge in [0.2, 0.25) is 0 Å². The van der Waals surface area contributed by atoms with Gasteiger partial charge in [0.15, 0.2) is 0 Å². The molecule has 3 rings (SSSR count). The molecule has 2 aliphatic rings. The van der Waals surface area contributed by atoms with Crippen LogP contribution < -0.4 is 5.32 Å². The average Bonchev–Trinajstić information content (AvgIpc) is 2.50. The summed E-state index contributed by atoms with van der Waals surface area (Å²) in [5.41, 5.74) is 1.39. The summed E-state index contributed by atoms with van der Waals surface area (Å²) < 4.78 is 10.7. The van der Waals surface area contributed by atoms with Crippen molar-refractivity contribution in [3.8, 4) is 0 Å². The van der Waals surface area contributed by atoms with E-state index in [1.54, 1.807) is 0 Å². The van der Waals surface area contributed by atoms with Crippen molar-refractivity contribution in [2.75, 3.05) is 39.4 Å². The maximum atomic E-state index is 5.50. The zero-order valence-electron chi connectivity index (χ0n) is 14.1. The van der Waals surface area contributed by atoms with E-state index in [0.717, 1.165) is 45.9 Å². The third kappa shape index (κ3) is 9.50. The number of hydrogen-bond donors (Lipinski definition) is 1. The van der Waals surface area contributed by atoms with Crippen LogP contribution in [0, 0.1) is 0 Å². The summed E-state index contributed by atoms with van der Waals surface area (Å²) in [6.45, 7) is 11.1. The highest BCUT2D eigenvalue weighted by Crippen LogP contribution is 2.09. The molecule has 0 bridgehead atoms. The minimum Gasteiger partial charge on any atom is -0.376 e. The predicted octanol–water partition coefficient (Wildman–Crippen LogP) is 2.75. The average molecular weight is 365 g/mol. The number of nitrogens with one attached hydrogen (secondary N) is 1. The van der Waals surface area contributed by atoms with Crippen LogP contribution in [0.5, 0.6) is 0 Å². The molecule has 23 heavy (non-hydrogen) atoms. The molecule has 2 aliphatic heterocycles. The van der Waals surface area contributed by atoms with E-state index in [-0.39, 0.29) is 24.8 Å². The van der Waals surface area contributed by atoms with E-state index in [1.807, 2.05) is 0 Å². The van der Waals surface area contributed by atoms with Crippen LogP contribution in [0.3, 0.4) is 0 Å². The Hall–Kier alpha value is -0.360. The lowest BCUT2D eigenvalue weighted by Gasteiger charge is -2.31. The van der Waals surface area contributed by atoms with Crippen molar-refractivity contribution in [3.05, 3.63) is 35.9 Å². The molecule has 1 aromatic rings.